The van der Waals surface area contributed by atoms with Crippen molar-refractivity contribution in [1.29, 1.82) is 0 Å². The largest absolute Gasteiger partial charge is 0.343 e. The van der Waals surface area contributed by atoms with Crippen molar-refractivity contribution in [3.8, 4) is 0 Å². The van der Waals surface area contributed by atoms with Crippen LogP contribution in [0.2, 0.25) is 0 Å². The van der Waals surface area contributed by atoms with Crippen molar-refractivity contribution < 1.29 is 24.2 Å². The lowest BCUT2D eigenvalue weighted by atomic mass is 9.46. The van der Waals surface area contributed by atoms with Gasteiger partial charge in [0.1, 0.15) is 12.2 Å². The first-order valence-corrected chi connectivity index (χ1v) is 14.5. The summed E-state index contributed by atoms with van der Waals surface area (Å²) in [7, 11) is 0. The molecule has 1 heterocycles. The number of alkyl halides is 2. The molecule has 1 saturated heterocycles. The average Bonchev–Trinajstić information content (AvgIpc) is 3.03. The number of unbranched alkanes of at least 4 members (excludes halogenated alkanes) is 1. The second kappa shape index (κ2) is 8.64. The molecular formula is C29H40Cl2O5. The fourth-order valence-corrected chi connectivity index (χ4v) is 10.0. The number of hydrogen-bond acceptors (Lipinski definition) is 5. The van der Waals surface area contributed by atoms with Crippen molar-refractivity contribution in [2.75, 3.05) is 6.61 Å². The maximum Gasteiger partial charge on any atom is 0.284 e. The number of fused-ring (bicyclic) bond motifs is 6. The molecule has 5 rings (SSSR count). The van der Waals surface area contributed by atoms with E-state index in [0.717, 1.165) is 44.1 Å². The van der Waals surface area contributed by atoms with Gasteiger partial charge in [-0.15, -0.1) is 23.2 Å². The molecule has 2 unspecified atom stereocenters. The van der Waals surface area contributed by atoms with Gasteiger partial charge in [0.25, 0.3) is 5.97 Å². The number of ketones is 2. The van der Waals surface area contributed by atoms with Gasteiger partial charge in [-0.3, -0.25) is 9.59 Å². The average molecular weight is 540 g/mol. The molecule has 0 aromatic heterocycles. The van der Waals surface area contributed by atoms with Gasteiger partial charge in [0.15, 0.2) is 11.6 Å². The quantitative estimate of drug-likeness (QED) is 0.448. The predicted octanol–water partition coefficient (Wildman–Crippen LogP) is 5.95. The number of halogens is 2. The Morgan fingerprint density at radius 3 is 2.67 bits per heavy atom. The molecule has 0 bridgehead atoms. The molecule has 5 nitrogen and oxygen atoms in total. The highest BCUT2D eigenvalue weighted by molar-refractivity contribution is 6.34. The Balaban J connectivity index is 1.56. The third-order valence-electron chi connectivity index (χ3n) is 10.9. The number of allylic oxidation sites excluding steroid dienone is 4. The van der Waals surface area contributed by atoms with E-state index in [1.165, 1.54) is 0 Å². The van der Waals surface area contributed by atoms with E-state index in [0.29, 0.717) is 6.42 Å². The minimum Gasteiger partial charge on any atom is -0.343 e. The Bertz CT molecular complexity index is 1030. The van der Waals surface area contributed by atoms with Gasteiger partial charge < -0.3 is 14.6 Å². The third-order valence-corrected chi connectivity index (χ3v) is 12.4. The Labute approximate surface area is 225 Å². The highest BCUT2D eigenvalue weighted by Gasteiger charge is 2.77. The van der Waals surface area contributed by atoms with E-state index in [-0.39, 0.29) is 41.8 Å². The summed E-state index contributed by atoms with van der Waals surface area (Å²) < 4.78 is 12.3. The summed E-state index contributed by atoms with van der Waals surface area (Å²) in [6.07, 6.45) is 10.8. The number of rotatable bonds is 4. The van der Waals surface area contributed by atoms with Gasteiger partial charge in [-0.05, 0) is 62.0 Å². The lowest BCUT2D eigenvalue weighted by Gasteiger charge is -2.65. The zero-order valence-corrected chi connectivity index (χ0v) is 23.6. The van der Waals surface area contributed by atoms with Crippen LogP contribution in [0.3, 0.4) is 0 Å². The lowest BCUT2D eigenvalue weighted by Crippen LogP contribution is -2.71. The van der Waals surface area contributed by atoms with Crippen LogP contribution in [-0.2, 0) is 19.1 Å². The van der Waals surface area contributed by atoms with Crippen molar-refractivity contribution in [3.05, 3.63) is 23.8 Å². The molecule has 0 aromatic rings. The summed E-state index contributed by atoms with van der Waals surface area (Å²) in [6, 6.07) is 0. The first-order chi connectivity index (χ1) is 16.8. The smallest absolute Gasteiger partial charge is 0.284 e. The fraction of sp³-hybridized carbons (Fsp3) is 0.793. The standard InChI is InChI=1S/C29H40Cl2O5/c1-6-7-8-17(2)29(34)35-16-24(33)28(36-29)18(3)13-22-21-10-9-19-14-20(32)11-12-25(19,4)27(21,31)23(30)15-26(22,28)5/h11-12,14,17-18,21-23,34H,6-10,13,15-16H2,1-5H3/t17?,18-,21+,22+,23+,25+,26+,27+,28+,29?/m1/s1. The number of carbonyl (C=O) groups excluding carboxylic acids is 2. The lowest BCUT2D eigenvalue weighted by molar-refractivity contribution is -0.438. The first-order valence-electron chi connectivity index (χ1n) is 13.7. The van der Waals surface area contributed by atoms with Gasteiger partial charge in [-0.2, -0.15) is 0 Å². The van der Waals surface area contributed by atoms with Crippen LogP contribution in [0.1, 0.15) is 79.6 Å². The summed E-state index contributed by atoms with van der Waals surface area (Å²) in [5, 5.41) is 11.1. The summed E-state index contributed by atoms with van der Waals surface area (Å²) in [5.41, 5.74) is -1.28. The van der Waals surface area contributed by atoms with Crippen LogP contribution in [0.5, 0.6) is 0 Å². The molecule has 200 valence electrons. The molecule has 1 N–H and O–H groups in total. The third kappa shape index (κ3) is 3.25. The van der Waals surface area contributed by atoms with E-state index < -0.39 is 32.7 Å². The van der Waals surface area contributed by atoms with Crippen LogP contribution in [0.25, 0.3) is 0 Å². The van der Waals surface area contributed by atoms with E-state index in [1.54, 1.807) is 12.2 Å². The van der Waals surface area contributed by atoms with Crippen molar-refractivity contribution in [2.45, 2.75) is 101 Å². The van der Waals surface area contributed by atoms with E-state index in [1.807, 2.05) is 13.0 Å². The monoisotopic (exact) mass is 538 g/mol. The Hall–Kier alpha value is -0.720. The second-order valence-corrected chi connectivity index (χ2v) is 13.7. The van der Waals surface area contributed by atoms with Crippen LogP contribution >= 0.6 is 23.2 Å². The minimum absolute atomic E-state index is 0.000848. The van der Waals surface area contributed by atoms with Gasteiger partial charge in [0, 0.05) is 16.7 Å². The molecule has 1 aliphatic heterocycles. The maximum absolute atomic E-state index is 13.8. The molecule has 0 amide bonds. The van der Waals surface area contributed by atoms with Gasteiger partial charge in [0.2, 0.25) is 0 Å². The van der Waals surface area contributed by atoms with Gasteiger partial charge in [-0.25, -0.2) is 0 Å². The van der Waals surface area contributed by atoms with E-state index in [2.05, 4.69) is 27.7 Å². The van der Waals surface area contributed by atoms with Crippen LogP contribution < -0.4 is 0 Å². The molecule has 0 aromatic carbocycles. The Kier molecular flexibility index (Phi) is 6.45. The number of aliphatic hydroxyl groups is 1. The zero-order chi connectivity index (χ0) is 26.3. The summed E-state index contributed by atoms with van der Waals surface area (Å²) in [4.78, 5) is 25.2. The molecule has 5 aliphatic rings. The number of hydrogen-bond donors (Lipinski definition) is 1. The van der Waals surface area contributed by atoms with Gasteiger partial charge in [-0.1, -0.05) is 59.1 Å². The predicted molar refractivity (Wildman–Crippen MR) is 140 cm³/mol. The van der Waals surface area contributed by atoms with Crippen molar-refractivity contribution >= 4 is 34.8 Å². The SMILES string of the molecule is CCCCC(C)C1(O)OCC(=O)[C@@]2(O1)[C@H](C)C[C@H]1[C@@H]3CCC4=CC(=O)C=C[C@]4(C)[C@@]3(Cl)[C@@H](Cl)C[C@@]12C. The number of Topliss-reactive ketones (excluding diaryl/α,β-unsaturated/α-hetero) is 1. The highest BCUT2D eigenvalue weighted by atomic mass is 35.5. The molecule has 0 radical (unpaired) electrons. The topological polar surface area (TPSA) is 72.8 Å². The molecule has 3 saturated carbocycles. The summed E-state index contributed by atoms with van der Waals surface area (Å²) >= 11 is 15.0. The number of ether oxygens (including phenoxy) is 2. The molecular weight excluding hydrogens is 499 g/mol. The Morgan fingerprint density at radius 2 is 1.97 bits per heavy atom. The van der Waals surface area contributed by atoms with Crippen LogP contribution in [0, 0.1) is 34.5 Å². The molecule has 1 spiro atoms. The fourth-order valence-electron chi connectivity index (χ4n) is 8.81. The summed E-state index contributed by atoms with van der Waals surface area (Å²) in [6.45, 7) is 10.2. The van der Waals surface area contributed by atoms with Crippen molar-refractivity contribution in [2.24, 2.45) is 34.5 Å². The Morgan fingerprint density at radius 1 is 1.25 bits per heavy atom. The molecule has 7 heteroatoms. The van der Waals surface area contributed by atoms with Crippen LogP contribution in [-0.4, -0.2) is 45.1 Å². The van der Waals surface area contributed by atoms with Crippen molar-refractivity contribution in [3.63, 3.8) is 0 Å². The van der Waals surface area contributed by atoms with E-state index >= 15 is 0 Å². The zero-order valence-electron chi connectivity index (χ0n) is 22.1. The molecule has 36 heavy (non-hydrogen) atoms. The molecule has 4 aliphatic carbocycles. The van der Waals surface area contributed by atoms with Crippen molar-refractivity contribution in [1.82, 2.24) is 0 Å². The maximum atomic E-state index is 13.8. The van der Waals surface area contributed by atoms with Crippen LogP contribution in [0.15, 0.2) is 23.8 Å². The first kappa shape index (κ1) is 26.9. The van der Waals surface area contributed by atoms with E-state index in [4.69, 9.17) is 32.7 Å². The van der Waals surface area contributed by atoms with Gasteiger partial charge in [0.05, 0.1) is 10.3 Å². The number of carbonyl (C=O) groups is 2. The minimum atomic E-state index is -1.81. The highest BCUT2D eigenvalue weighted by Crippen LogP contribution is 2.73. The van der Waals surface area contributed by atoms with Crippen LogP contribution in [0.4, 0.5) is 0 Å². The molecule has 10 atom stereocenters. The second-order valence-electron chi connectivity index (χ2n) is 12.6. The normalized spacial score (nSPS) is 50.9. The van der Waals surface area contributed by atoms with E-state index in [9.17, 15) is 14.7 Å². The van der Waals surface area contributed by atoms with Gasteiger partial charge >= 0.3 is 0 Å². The molecule has 4 fully saturated rings. The summed E-state index contributed by atoms with van der Waals surface area (Å²) in [5.74, 6) is -2.19.